The quantitative estimate of drug-likeness (QED) is 0.0277. The van der Waals surface area contributed by atoms with E-state index in [2.05, 4.69) is 67.3 Å². The van der Waals surface area contributed by atoms with Crippen LogP contribution in [0.5, 0.6) is 23.3 Å². The van der Waals surface area contributed by atoms with Crippen LogP contribution in [0.3, 0.4) is 0 Å². The standard InChI is InChI=1S/C18H17FN4O2S.C14H10F4N4O7S.C8H6Cl2O3.C3H8NO5P.C3H9S/c1-4-5-22-13-7-12(11(19)6-14(13)25-9-16(22)24)20-17-23-10-18(2,3)8-15(23)21-26-17;15-11(16)28-8-5-9(29-12(17)18)20-13(19-8)21-14(25)22-30(26,27)7-4-2-1-3-6(7)10(23)24;1-13-7-5(10)3-2-4(9)6(7)8(11)12;5-3(6)1-4-2-10(7,8)9;1-4(2)3/h1,6-7H,5,8-10H2,2-3H3;1-5,11-12H,(H,23,24)(H2,19,20,21,22,25);2-3H,1H3,(H,11,12);4H,1-2H2,(H,5,6)(H2,7,8,9);1-3H3/q;;;;+1/p-1. The molecule has 0 fully saturated rings. The van der Waals surface area contributed by atoms with Gasteiger partial charge in [-0.05, 0) is 46.6 Å². The maximum atomic E-state index is 14.5. The Kier molecular flexibility index (Phi) is 26.4. The number of anilines is 2. The van der Waals surface area contributed by atoms with Crippen LogP contribution < -0.4 is 48.9 Å². The summed E-state index contributed by atoms with van der Waals surface area (Å²) in [5.41, 5.74) is -0.0806. The van der Waals surface area contributed by atoms with Crippen LogP contribution in [0, 0.1) is 23.6 Å². The van der Waals surface area contributed by atoms with Crippen LogP contribution in [0.4, 0.5) is 44.1 Å². The van der Waals surface area contributed by atoms with Crippen LogP contribution >= 0.6 is 42.3 Å². The van der Waals surface area contributed by atoms with Crippen LogP contribution in [0.15, 0.2) is 64.5 Å². The number of aliphatic carboxylic acids is 1. The molecule has 0 bridgehead atoms. The van der Waals surface area contributed by atoms with Gasteiger partial charge in [0.25, 0.3) is 15.9 Å². The summed E-state index contributed by atoms with van der Waals surface area (Å²) in [6.07, 6.45) is 12.1. The first-order valence-electron chi connectivity index (χ1n) is 22.5. The molecule has 7 rings (SSSR count). The molecule has 0 spiro atoms. The average molecular weight is 1290 g/mol. The maximum absolute atomic E-state index is 14.5. The third kappa shape index (κ3) is 22.7. The van der Waals surface area contributed by atoms with Crippen molar-refractivity contribution in [2.75, 3.05) is 62.1 Å². The van der Waals surface area contributed by atoms with E-state index in [-0.39, 0.29) is 51.5 Å². The molecule has 0 radical (unpaired) electrons. The number of methoxy groups -OCH3 is 1. The van der Waals surface area contributed by atoms with E-state index in [9.17, 15) is 63.8 Å². The Labute approximate surface area is 485 Å². The predicted octanol–water partition coefficient (Wildman–Crippen LogP) is 5.50. The van der Waals surface area contributed by atoms with E-state index in [0.29, 0.717) is 33.2 Å². The number of fused-ring (bicyclic) bond motifs is 2. The van der Waals surface area contributed by atoms with Crippen LogP contribution in [0.1, 0.15) is 40.4 Å². The minimum atomic E-state index is -4.71. The van der Waals surface area contributed by atoms with Gasteiger partial charge in [0.05, 0.1) is 72.6 Å². The lowest BCUT2D eigenvalue weighted by Gasteiger charge is -2.28. The molecular weight excluding hydrogens is 1240 g/mol. The number of aromatic carboxylic acids is 2. The van der Waals surface area contributed by atoms with E-state index in [1.165, 1.54) is 64.7 Å². The van der Waals surface area contributed by atoms with Crippen LogP contribution in [0.25, 0.3) is 0 Å². The summed E-state index contributed by atoms with van der Waals surface area (Å²) in [5, 5.41) is 29.8. The molecule has 2 aliphatic heterocycles. The fraction of sp³-hybridized carbons (Fsp3) is 0.326. The van der Waals surface area contributed by atoms with E-state index >= 15 is 0 Å². The van der Waals surface area contributed by atoms with E-state index in [1.807, 2.05) is 9.88 Å². The summed E-state index contributed by atoms with van der Waals surface area (Å²) in [6, 6.07) is 8.87. The van der Waals surface area contributed by atoms with Gasteiger partial charge in [0.2, 0.25) is 22.5 Å². The number of urea groups is 1. The number of rotatable bonds is 16. The molecule has 3 amide bonds. The van der Waals surface area contributed by atoms with Gasteiger partial charge in [0, 0.05) is 30.6 Å². The second-order valence-electron chi connectivity index (χ2n) is 17.2. The normalized spacial score (nSPS) is 13.7. The van der Waals surface area contributed by atoms with Gasteiger partial charge in [0.15, 0.2) is 18.2 Å². The van der Waals surface area contributed by atoms with Crippen LogP contribution in [-0.4, -0.2) is 142 Å². The third-order valence-electron chi connectivity index (χ3n) is 9.46. The van der Waals surface area contributed by atoms with Crippen molar-refractivity contribution < 1.29 is 103 Å². The number of carboxylic acids is 3. The minimum absolute atomic E-state index is 0.0849. The number of nitrogens with one attached hydrogen (secondary N) is 3. The first-order valence-corrected chi connectivity index (χ1v) is 29.8. The smallest absolute Gasteiger partial charge is 0.388 e. The zero-order valence-corrected chi connectivity index (χ0v) is 48.6. The number of halogens is 7. The Morgan fingerprint density at radius 2 is 1.59 bits per heavy atom. The largest absolute Gasteiger partial charge is 0.778 e. The molecule has 2 aromatic heterocycles. The molecule has 5 aromatic rings. The van der Waals surface area contributed by atoms with Gasteiger partial charge in [-0.25, -0.2) is 36.9 Å². The van der Waals surface area contributed by atoms with Crippen molar-refractivity contribution in [3.05, 3.63) is 92.2 Å². The Hall–Kier alpha value is -7.35. The molecule has 4 heterocycles. The topological polar surface area (TPSA) is 373 Å². The van der Waals surface area contributed by atoms with Crippen LogP contribution in [-0.2, 0) is 48.0 Å². The van der Waals surface area contributed by atoms with E-state index in [0.717, 1.165) is 30.9 Å². The first kappa shape index (κ1) is 69.9. The highest BCUT2D eigenvalue weighted by molar-refractivity contribution is 7.94. The highest BCUT2D eigenvalue weighted by atomic mass is 35.5. The predicted molar refractivity (Wildman–Crippen MR) is 289 cm³/mol. The fourth-order valence-corrected chi connectivity index (χ4v) is 9.15. The van der Waals surface area contributed by atoms with Crippen molar-refractivity contribution in [2.45, 2.75) is 44.9 Å². The number of carbonyl (C=O) groups excluding carboxylic acids is 2. The molecule has 3 aromatic carbocycles. The number of hydrogen-bond donors (Lipinski definition) is 7. The van der Waals surface area contributed by atoms with Crippen molar-refractivity contribution >= 4 is 110 Å². The Bertz CT molecular complexity index is 3410. The number of hydrogen-bond acceptors (Lipinski definition) is 19. The SMILES string of the molecule is C#CCN1C(=O)COc2cc(F)c(N=c3snc4n3CC(C)(C)C4)cc21.COc1c(Cl)ccc(Cl)c1C(=O)O.C[S+](C)C.O=C(Nc1nc(OC(F)F)cc(OC(F)F)n1)NS(=O)(=O)c1ccccc1C(=O)O.O=C(O)CNCP(=O)([O-])O. The number of amides is 3. The minimum Gasteiger partial charge on any atom is -0.778 e. The van der Waals surface area contributed by atoms with Crippen molar-refractivity contribution in [1.29, 1.82) is 0 Å². The van der Waals surface area contributed by atoms with Crippen molar-refractivity contribution in [1.82, 2.24) is 28.9 Å². The number of sulfonamides is 1. The summed E-state index contributed by atoms with van der Waals surface area (Å²) >= 11 is 12.6. The molecule has 2 aliphatic rings. The molecule has 37 heteroatoms. The molecule has 83 heavy (non-hydrogen) atoms. The van der Waals surface area contributed by atoms with E-state index in [1.54, 1.807) is 5.32 Å². The molecule has 0 saturated heterocycles. The summed E-state index contributed by atoms with van der Waals surface area (Å²) in [7, 11) is -7.08. The van der Waals surface area contributed by atoms with Gasteiger partial charge in [-0.1, -0.05) is 55.1 Å². The number of nitrogens with zero attached hydrogens (tertiary/aromatic N) is 6. The van der Waals surface area contributed by atoms with Crippen LogP contribution in [0.2, 0.25) is 10.0 Å². The van der Waals surface area contributed by atoms with Gasteiger partial charge >= 0.3 is 37.2 Å². The number of terminal acetylenes is 1. The van der Waals surface area contributed by atoms with Crippen molar-refractivity contribution in [3.8, 4) is 35.6 Å². The maximum Gasteiger partial charge on any atom is 0.388 e. The Morgan fingerprint density at radius 1 is 1.00 bits per heavy atom. The summed E-state index contributed by atoms with van der Waals surface area (Å²) in [5.74, 6) is -3.78. The number of ether oxygens (including phenoxy) is 4. The zero-order valence-electron chi connectivity index (χ0n) is 43.8. The first-order chi connectivity index (χ1) is 38.6. The summed E-state index contributed by atoms with van der Waals surface area (Å²) in [4.78, 5) is 85.9. The van der Waals surface area contributed by atoms with Gasteiger partial charge in [-0.15, -0.1) is 6.42 Å². The van der Waals surface area contributed by atoms with Gasteiger partial charge in [-0.2, -0.15) is 31.9 Å². The number of aromatic nitrogens is 4. The zero-order chi connectivity index (χ0) is 62.7. The molecule has 452 valence electrons. The van der Waals surface area contributed by atoms with Gasteiger partial charge in [-0.3, -0.25) is 25.1 Å². The highest BCUT2D eigenvalue weighted by Crippen LogP contribution is 2.38. The molecule has 7 N–H and O–H groups in total. The fourth-order valence-electron chi connectivity index (χ4n) is 6.43. The Balaban J connectivity index is 0.000000306. The molecule has 1 unspecified atom stereocenters. The van der Waals surface area contributed by atoms with E-state index < -0.39 is 102 Å². The molecule has 0 aliphatic carbocycles. The molecular formula is C46H49Cl2F5N9O17PS3. The Morgan fingerprint density at radius 3 is 2.11 bits per heavy atom. The lowest BCUT2D eigenvalue weighted by Crippen LogP contribution is -2.39. The number of benzene rings is 3. The summed E-state index contributed by atoms with van der Waals surface area (Å²) in [6.45, 7) is -2.24. The second-order valence-corrected chi connectivity index (χ2v) is 24.5. The van der Waals surface area contributed by atoms with Crippen molar-refractivity contribution in [3.63, 3.8) is 0 Å². The second kappa shape index (κ2) is 31.3. The highest BCUT2D eigenvalue weighted by Gasteiger charge is 2.32. The number of alkyl halides is 4. The van der Waals surface area contributed by atoms with Gasteiger partial charge < -0.3 is 53.2 Å². The monoisotopic (exact) mass is 1290 g/mol. The summed E-state index contributed by atoms with van der Waals surface area (Å²) < 4.78 is 124. The lowest BCUT2D eigenvalue weighted by atomic mass is 9.92. The molecule has 26 nitrogen and oxygen atoms in total. The van der Waals surface area contributed by atoms with E-state index in [4.69, 9.17) is 59.3 Å². The van der Waals surface area contributed by atoms with Crippen molar-refractivity contribution in [2.24, 2.45) is 10.4 Å². The van der Waals surface area contributed by atoms with Gasteiger partial charge in [0.1, 0.15) is 35.3 Å². The molecule has 1 atom stereocenters. The third-order valence-corrected chi connectivity index (χ3v) is 12.9. The lowest BCUT2D eigenvalue weighted by molar-refractivity contribution is -0.193. The number of carboxylic acid groups (broad SMARTS) is 3. The molecule has 0 saturated carbocycles. The average Bonchev–Trinajstić information content (AvgIpc) is 3.94. The number of carbonyl (C=O) groups is 5.